The number of nitrogens with one attached hydrogen (secondary N) is 1. The number of para-hydroxylation sites is 1. The second-order valence-electron chi connectivity index (χ2n) is 6.89. The summed E-state index contributed by atoms with van der Waals surface area (Å²) >= 11 is 0. The Balaban J connectivity index is 0.00000364. The summed E-state index contributed by atoms with van der Waals surface area (Å²) < 4.78 is 0. The van der Waals surface area contributed by atoms with Gasteiger partial charge in [-0.3, -0.25) is 9.59 Å². The first-order chi connectivity index (χ1) is 12.4. The Hall–Kier alpha value is -2.37. The van der Waals surface area contributed by atoms with Gasteiger partial charge < -0.3 is 16.0 Å². The third-order valence-electron chi connectivity index (χ3n) is 4.16. The number of halogens is 1. The molecule has 0 fully saturated rings. The van der Waals surface area contributed by atoms with Gasteiger partial charge in [0.15, 0.2) is 0 Å². The zero-order valence-corrected chi connectivity index (χ0v) is 16.8. The maximum atomic E-state index is 12.4. The summed E-state index contributed by atoms with van der Waals surface area (Å²) in [4.78, 5) is 26.1. The summed E-state index contributed by atoms with van der Waals surface area (Å²) in [6.45, 7) is 4.07. The van der Waals surface area contributed by atoms with Crippen molar-refractivity contribution in [2.45, 2.75) is 32.7 Å². The highest BCUT2D eigenvalue weighted by atomic mass is 35.5. The van der Waals surface area contributed by atoms with Crippen LogP contribution in [-0.2, 0) is 16.0 Å². The van der Waals surface area contributed by atoms with E-state index in [0.29, 0.717) is 24.4 Å². The monoisotopic (exact) mass is 389 g/mol. The molecule has 2 rings (SSSR count). The zero-order valence-electron chi connectivity index (χ0n) is 16.0. The summed E-state index contributed by atoms with van der Waals surface area (Å²) in [7, 11) is 1.77. The van der Waals surface area contributed by atoms with Crippen molar-refractivity contribution in [1.29, 1.82) is 0 Å². The van der Waals surface area contributed by atoms with Crippen molar-refractivity contribution in [2.75, 3.05) is 17.3 Å². The molecule has 0 aliphatic carbocycles. The van der Waals surface area contributed by atoms with E-state index in [4.69, 9.17) is 5.73 Å². The molecule has 0 aliphatic rings. The first-order valence-corrected chi connectivity index (χ1v) is 8.84. The molecular weight excluding hydrogens is 362 g/mol. The van der Waals surface area contributed by atoms with E-state index in [1.54, 1.807) is 24.1 Å². The van der Waals surface area contributed by atoms with E-state index in [-0.39, 0.29) is 24.2 Å². The third-order valence-corrected chi connectivity index (χ3v) is 4.16. The normalized spacial score (nSPS) is 11.4. The molecule has 0 aliphatic heterocycles. The van der Waals surface area contributed by atoms with E-state index >= 15 is 0 Å². The lowest BCUT2D eigenvalue weighted by atomic mass is 10.0. The summed E-state index contributed by atoms with van der Waals surface area (Å²) in [5.41, 5.74) is 8.32. The molecule has 5 nitrogen and oxygen atoms in total. The second kappa shape index (κ2) is 10.7. The fourth-order valence-corrected chi connectivity index (χ4v) is 2.64. The van der Waals surface area contributed by atoms with Crippen LogP contribution in [0, 0.1) is 5.92 Å². The number of benzene rings is 2. The SMILES string of the molecule is CC(C)C[C@H](N)C(=O)Nc1ccc(CC(=O)N(C)c2ccccc2)cc1.Cl. The van der Waals surface area contributed by atoms with Crippen molar-refractivity contribution in [3.05, 3.63) is 60.2 Å². The minimum atomic E-state index is -0.518. The number of carbonyl (C=O) groups is 2. The van der Waals surface area contributed by atoms with E-state index < -0.39 is 6.04 Å². The van der Waals surface area contributed by atoms with Gasteiger partial charge in [0, 0.05) is 18.4 Å². The molecule has 0 saturated carbocycles. The maximum absolute atomic E-state index is 12.4. The molecule has 6 heteroatoms. The minimum absolute atomic E-state index is 0. The number of hydrogen-bond donors (Lipinski definition) is 2. The largest absolute Gasteiger partial charge is 0.325 e. The van der Waals surface area contributed by atoms with Gasteiger partial charge in [0.25, 0.3) is 0 Å². The topological polar surface area (TPSA) is 75.4 Å². The molecule has 0 saturated heterocycles. The number of likely N-dealkylation sites (N-methyl/N-ethyl adjacent to an activating group) is 1. The predicted molar refractivity (Wildman–Crippen MR) is 113 cm³/mol. The zero-order chi connectivity index (χ0) is 19.1. The van der Waals surface area contributed by atoms with Gasteiger partial charge >= 0.3 is 0 Å². The summed E-state index contributed by atoms with van der Waals surface area (Å²) in [6, 6.07) is 16.3. The molecule has 0 aromatic heterocycles. The summed E-state index contributed by atoms with van der Waals surface area (Å²) in [5.74, 6) is 0.184. The Kier molecular flexibility index (Phi) is 8.98. The Morgan fingerprint density at radius 2 is 1.63 bits per heavy atom. The van der Waals surface area contributed by atoms with Crippen LogP contribution in [0.1, 0.15) is 25.8 Å². The van der Waals surface area contributed by atoms with Gasteiger partial charge in [-0.05, 0) is 42.2 Å². The molecule has 0 spiro atoms. The number of rotatable bonds is 7. The Labute approximate surface area is 167 Å². The third kappa shape index (κ3) is 7.04. The first-order valence-electron chi connectivity index (χ1n) is 8.84. The lowest BCUT2D eigenvalue weighted by Gasteiger charge is -2.17. The van der Waals surface area contributed by atoms with Crippen molar-refractivity contribution < 1.29 is 9.59 Å². The average Bonchev–Trinajstić information content (AvgIpc) is 2.62. The molecule has 3 N–H and O–H groups in total. The van der Waals surface area contributed by atoms with Crippen LogP contribution in [0.3, 0.4) is 0 Å². The molecule has 1 atom stereocenters. The Morgan fingerprint density at radius 1 is 1.04 bits per heavy atom. The minimum Gasteiger partial charge on any atom is -0.325 e. The van der Waals surface area contributed by atoms with Crippen molar-refractivity contribution in [3.63, 3.8) is 0 Å². The number of hydrogen-bond acceptors (Lipinski definition) is 3. The molecule has 0 heterocycles. The number of carbonyl (C=O) groups excluding carboxylic acids is 2. The van der Waals surface area contributed by atoms with Gasteiger partial charge in [0.2, 0.25) is 11.8 Å². The average molecular weight is 390 g/mol. The number of nitrogens with zero attached hydrogens (tertiary/aromatic N) is 1. The highest BCUT2D eigenvalue weighted by Gasteiger charge is 2.15. The van der Waals surface area contributed by atoms with Crippen molar-refractivity contribution in [3.8, 4) is 0 Å². The van der Waals surface area contributed by atoms with Gasteiger partial charge in [0.1, 0.15) is 0 Å². The lowest BCUT2D eigenvalue weighted by Crippen LogP contribution is -2.36. The molecule has 0 bridgehead atoms. The van der Waals surface area contributed by atoms with Crippen LogP contribution < -0.4 is 16.0 Å². The van der Waals surface area contributed by atoms with E-state index in [2.05, 4.69) is 5.32 Å². The molecular formula is C21H28ClN3O2. The fraction of sp³-hybridized carbons (Fsp3) is 0.333. The van der Waals surface area contributed by atoms with Gasteiger partial charge in [-0.1, -0.05) is 44.2 Å². The van der Waals surface area contributed by atoms with Crippen LogP contribution in [0.15, 0.2) is 54.6 Å². The predicted octanol–water partition coefficient (Wildman–Crippen LogP) is 3.63. The van der Waals surface area contributed by atoms with Crippen molar-refractivity contribution >= 4 is 35.6 Å². The van der Waals surface area contributed by atoms with Crippen molar-refractivity contribution in [2.24, 2.45) is 11.7 Å². The molecule has 0 unspecified atom stereocenters. The smallest absolute Gasteiger partial charge is 0.241 e. The Bertz CT molecular complexity index is 733. The quantitative estimate of drug-likeness (QED) is 0.759. The molecule has 27 heavy (non-hydrogen) atoms. The van der Waals surface area contributed by atoms with Gasteiger partial charge in [-0.25, -0.2) is 0 Å². The van der Waals surface area contributed by atoms with Crippen molar-refractivity contribution in [1.82, 2.24) is 0 Å². The molecule has 146 valence electrons. The van der Waals surface area contributed by atoms with Gasteiger partial charge in [-0.15, -0.1) is 12.4 Å². The Morgan fingerprint density at radius 3 is 2.19 bits per heavy atom. The molecule has 2 amide bonds. The van der Waals surface area contributed by atoms with Gasteiger partial charge in [-0.2, -0.15) is 0 Å². The molecule has 2 aromatic carbocycles. The maximum Gasteiger partial charge on any atom is 0.241 e. The number of amides is 2. The molecule has 0 radical (unpaired) electrons. The van der Waals surface area contributed by atoms with E-state index in [0.717, 1.165) is 11.3 Å². The fourth-order valence-electron chi connectivity index (χ4n) is 2.64. The van der Waals surface area contributed by atoms with Crippen LogP contribution in [0.2, 0.25) is 0 Å². The van der Waals surface area contributed by atoms with Crippen LogP contribution in [-0.4, -0.2) is 24.9 Å². The number of anilines is 2. The second-order valence-corrected chi connectivity index (χ2v) is 6.89. The first kappa shape index (κ1) is 22.7. The highest BCUT2D eigenvalue weighted by molar-refractivity contribution is 5.95. The standard InChI is InChI=1S/C21H27N3O2.ClH/c1-15(2)13-19(22)21(26)23-17-11-9-16(10-12-17)14-20(25)24(3)18-7-5-4-6-8-18;/h4-12,15,19H,13-14,22H2,1-3H3,(H,23,26);1H/t19-;/m0./s1. The van der Waals surface area contributed by atoms with Gasteiger partial charge in [0.05, 0.1) is 12.5 Å². The van der Waals surface area contributed by atoms with E-state index in [1.807, 2.05) is 56.3 Å². The molecule has 2 aromatic rings. The number of nitrogens with two attached hydrogens (primary N) is 1. The van der Waals surface area contributed by atoms with Crippen LogP contribution in [0.4, 0.5) is 11.4 Å². The highest BCUT2D eigenvalue weighted by Crippen LogP contribution is 2.15. The summed E-state index contributed by atoms with van der Waals surface area (Å²) in [5, 5.41) is 2.82. The van der Waals surface area contributed by atoms with Crippen LogP contribution in [0.25, 0.3) is 0 Å². The van der Waals surface area contributed by atoms with Crippen LogP contribution >= 0.6 is 12.4 Å². The van der Waals surface area contributed by atoms with E-state index in [9.17, 15) is 9.59 Å². The lowest BCUT2D eigenvalue weighted by molar-refractivity contribution is -0.118. The van der Waals surface area contributed by atoms with E-state index in [1.165, 1.54) is 0 Å². The summed E-state index contributed by atoms with van der Waals surface area (Å²) in [6.07, 6.45) is 0.941. The van der Waals surface area contributed by atoms with Crippen LogP contribution in [0.5, 0.6) is 0 Å².